The van der Waals surface area contributed by atoms with E-state index < -0.39 is 11.7 Å². The molecule has 1 saturated carbocycles. The fraction of sp³-hybridized carbons (Fsp3) is 0.368. The Morgan fingerprint density at radius 1 is 1.08 bits per heavy atom. The predicted molar refractivity (Wildman–Crippen MR) is 88.5 cm³/mol. The summed E-state index contributed by atoms with van der Waals surface area (Å²) >= 11 is 5.90. The fourth-order valence-electron chi connectivity index (χ4n) is 3.14. The molecule has 2 unspecified atom stereocenters. The maximum Gasteiger partial charge on any atom is 0.416 e. The van der Waals surface area contributed by atoms with Crippen molar-refractivity contribution in [3.05, 3.63) is 64.7 Å². The van der Waals surface area contributed by atoms with Gasteiger partial charge in [-0.15, -0.1) is 11.6 Å². The van der Waals surface area contributed by atoms with Crippen molar-refractivity contribution in [3.63, 3.8) is 0 Å². The molecule has 1 fully saturated rings. The minimum atomic E-state index is -4.28. The fourth-order valence-corrected chi connectivity index (χ4v) is 3.31. The summed E-state index contributed by atoms with van der Waals surface area (Å²) in [4.78, 5) is 0. The van der Waals surface area contributed by atoms with Gasteiger partial charge in [-0.1, -0.05) is 24.3 Å². The van der Waals surface area contributed by atoms with Crippen LogP contribution in [0.25, 0.3) is 0 Å². The summed E-state index contributed by atoms with van der Waals surface area (Å²) in [7, 11) is 1.65. The first kappa shape index (κ1) is 17.2. The number of alkyl halides is 4. The molecule has 1 aliphatic rings. The van der Waals surface area contributed by atoms with E-state index in [1.165, 1.54) is 0 Å². The Bertz CT molecular complexity index is 710. The largest absolute Gasteiger partial charge is 0.496 e. The van der Waals surface area contributed by atoms with Crippen LogP contribution in [0.3, 0.4) is 0 Å². The lowest BCUT2D eigenvalue weighted by Crippen LogP contribution is -2.04. The molecule has 0 N–H and O–H groups in total. The second-order valence-corrected chi connectivity index (χ2v) is 6.48. The van der Waals surface area contributed by atoms with Crippen molar-refractivity contribution in [1.29, 1.82) is 0 Å². The second-order valence-electron chi connectivity index (χ2n) is 6.21. The molecule has 0 radical (unpaired) electrons. The Kier molecular flexibility index (Phi) is 4.77. The summed E-state index contributed by atoms with van der Waals surface area (Å²) in [6.45, 7) is 0. The van der Waals surface area contributed by atoms with Gasteiger partial charge in [-0.3, -0.25) is 0 Å². The number of halogens is 4. The normalized spacial score (nSPS) is 20.0. The van der Waals surface area contributed by atoms with Crippen molar-refractivity contribution in [2.75, 3.05) is 7.11 Å². The molecule has 0 amide bonds. The summed E-state index contributed by atoms with van der Waals surface area (Å²) in [6, 6.07) is 11.4. The highest BCUT2D eigenvalue weighted by molar-refractivity contribution is 6.17. The number of hydrogen-bond donors (Lipinski definition) is 0. The first-order chi connectivity index (χ1) is 11.4. The van der Waals surface area contributed by atoms with Gasteiger partial charge in [-0.05, 0) is 59.6 Å². The lowest BCUT2D eigenvalue weighted by atomic mass is 10.0. The van der Waals surface area contributed by atoms with Crippen LogP contribution in [0.4, 0.5) is 13.2 Å². The molecule has 1 nitrogen and oxygen atoms in total. The summed E-state index contributed by atoms with van der Waals surface area (Å²) in [5, 5.41) is 0. The van der Waals surface area contributed by atoms with E-state index in [9.17, 15) is 13.2 Å². The zero-order chi connectivity index (χ0) is 17.3. The highest BCUT2D eigenvalue weighted by atomic mass is 35.5. The molecule has 2 atom stereocenters. The SMILES string of the molecule is COc1ccc(CCl)cc1C1CC1Cc1ccc(C(F)(F)F)cc1. The highest BCUT2D eigenvalue weighted by Gasteiger charge is 2.40. The zero-order valence-corrected chi connectivity index (χ0v) is 14.0. The number of rotatable bonds is 5. The van der Waals surface area contributed by atoms with Crippen molar-refractivity contribution in [3.8, 4) is 5.75 Å². The van der Waals surface area contributed by atoms with E-state index in [1.807, 2.05) is 12.1 Å². The molecule has 2 aromatic rings. The molecule has 24 heavy (non-hydrogen) atoms. The van der Waals surface area contributed by atoms with Gasteiger partial charge in [0.25, 0.3) is 0 Å². The molecule has 0 saturated heterocycles. The zero-order valence-electron chi connectivity index (χ0n) is 13.2. The molecular weight excluding hydrogens is 337 g/mol. The Morgan fingerprint density at radius 3 is 2.33 bits per heavy atom. The van der Waals surface area contributed by atoms with Crippen molar-refractivity contribution in [1.82, 2.24) is 0 Å². The van der Waals surface area contributed by atoms with E-state index >= 15 is 0 Å². The monoisotopic (exact) mass is 354 g/mol. The minimum absolute atomic E-state index is 0.380. The van der Waals surface area contributed by atoms with Crippen LogP contribution in [0, 0.1) is 5.92 Å². The Morgan fingerprint density at radius 2 is 1.75 bits per heavy atom. The van der Waals surface area contributed by atoms with Crippen molar-refractivity contribution in [2.24, 2.45) is 5.92 Å². The first-order valence-corrected chi connectivity index (χ1v) is 8.34. The van der Waals surface area contributed by atoms with Crippen LogP contribution in [-0.4, -0.2) is 7.11 Å². The maximum atomic E-state index is 12.6. The third-order valence-corrected chi connectivity index (χ3v) is 4.86. The van der Waals surface area contributed by atoms with E-state index in [1.54, 1.807) is 19.2 Å². The quantitative estimate of drug-likeness (QED) is 0.617. The molecule has 128 valence electrons. The molecular formula is C19H18ClF3O. The van der Waals surface area contributed by atoms with Crippen LogP contribution in [-0.2, 0) is 18.5 Å². The van der Waals surface area contributed by atoms with E-state index in [2.05, 4.69) is 6.07 Å². The highest BCUT2D eigenvalue weighted by Crippen LogP contribution is 2.52. The van der Waals surface area contributed by atoms with Crippen molar-refractivity contribution in [2.45, 2.75) is 30.8 Å². The minimum Gasteiger partial charge on any atom is -0.496 e. The first-order valence-electron chi connectivity index (χ1n) is 7.81. The van der Waals surface area contributed by atoms with Crippen molar-refractivity contribution < 1.29 is 17.9 Å². The number of hydrogen-bond acceptors (Lipinski definition) is 1. The summed E-state index contributed by atoms with van der Waals surface area (Å²) in [5.41, 5.74) is 2.53. The van der Waals surface area contributed by atoms with Crippen LogP contribution >= 0.6 is 11.6 Å². The molecule has 0 bridgehead atoms. The van der Waals surface area contributed by atoms with E-state index in [0.717, 1.165) is 47.4 Å². The average molecular weight is 355 g/mol. The van der Waals surface area contributed by atoms with Gasteiger partial charge >= 0.3 is 6.18 Å². The van der Waals surface area contributed by atoms with Gasteiger partial charge < -0.3 is 4.74 Å². The lowest BCUT2D eigenvalue weighted by Gasteiger charge is -2.10. The third-order valence-electron chi connectivity index (χ3n) is 4.55. The van der Waals surface area contributed by atoms with Gasteiger partial charge in [0, 0.05) is 5.88 Å². The molecule has 2 aromatic carbocycles. The van der Waals surface area contributed by atoms with Gasteiger partial charge in [0.2, 0.25) is 0 Å². The van der Waals surface area contributed by atoms with Gasteiger partial charge in [0.1, 0.15) is 5.75 Å². The summed E-state index contributed by atoms with van der Waals surface area (Å²) in [6.07, 6.45) is -2.49. The molecule has 1 aliphatic carbocycles. The topological polar surface area (TPSA) is 9.23 Å². The van der Waals surface area contributed by atoms with Gasteiger partial charge in [-0.25, -0.2) is 0 Å². The van der Waals surface area contributed by atoms with Crippen LogP contribution in [0.5, 0.6) is 5.75 Å². The molecule has 0 aliphatic heterocycles. The standard InChI is InChI=1S/C19H18ClF3O/c1-24-18-7-4-13(11-20)9-17(18)16-10-14(16)8-12-2-5-15(6-3-12)19(21,22)23/h2-7,9,14,16H,8,10-11H2,1H3. The van der Waals surface area contributed by atoms with Gasteiger partial charge in [-0.2, -0.15) is 13.2 Å². The Balaban J connectivity index is 1.70. The van der Waals surface area contributed by atoms with E-state index in [-0.39, 0.29) is 0 Å². The predicted octanol–water partition coefficient (Wildman–Crippen LogP) is 5.80. The molecule has 0 spiro atoms. The lowest BCUT2D eigenvalue weighted by molar-refractivity contribution is -0.137. The molecule has 5 heteroatoms. The number of benzene rings is 2. The number of methoxy groups -OCH3 is 1. The summed E-state index contributed by atoms with van der Waals surface area (Å²) < 4.78 is 43.3. The van der Waals surface area contributed by atoms with E-state index in [0.29, 0.717) is 17.7 Å². The molecule has 0 aromatic heterocycles. The third kappa shape index (κ3) is 3.69. The second kappa shape index (κ2) is 6.67. The van der Waals surface area contributed by atoms with Gasteiger partial charge in [0.05, 0.1) is 12.7 Å². The smallest absolute Gasteiger partial charge is 0.416 e. The molecule has 0 heterocycles. The van der Waals surface area contributed by atoms with Gasteiger partial charge in [0.15, 0.2) is 0 Å². The summed E-state index contributed by atoms with van der Waals surface area (Å²) in [5.74, 6) is 2.11. The number of ether oxygens (including phenoxy) is 1. The van der Waals surface area contributed by atoms with Crippen molar-refractivity contribution >= 4 is 11.6 Å². The average Bonchev–Trinajstić information content (AvgIpc) is 3.33. The maximum absolute atomic E-state index is 12.6. The van der Waals surface area contributed by atoms with Crippen LogP contribution < -0.4 is 4.74 Å². The molecule has 3 rings (SSSR count). The van der Waals surface area contributed by atoms with Crippen LogP contribution in [0.1, 0.15) is 34.6 Å². The Hall–Kier alpha value is -1.68. The van der Waals surface area contributed by atoms with E-state index in [4.69, 9.17) is 16.3 Å². The van der Waals surface area contributed by atoms with Crippen LogP contribution in [0.2, 0.25) is 0 Å². The Labute approximate surface area is 144 Å². The van der Waals surface area contributed by atoms with Crippen LogP contribution in [0.15, 0.2) is 42.5 Å².